The fourth-order valence-corrected chi connectivity index (χ4v) is 5.37. The first-order valence-corrected chi connectivity index (χ1v) is 11.3. The molecule has 32 heavy (non-hydrogen) atoms. The lowest BCUT2D eigenvalue weighted by Crippen LogP contribution is -2.10. The molecule has 0 fully saturated rings. The van der Waals surface area contributed by atoms with Crippen LogP contribution < -0.4 is 4.74 Å². The third-order valence-electron chi connectivity index (χ3n) is 4.74. The molecule has 0 bridgehead atoms. The van der Waals surface area contributed by atoms with Crippen molar-refractivity contribution in [2.45, 2.75) is 37.0 Å². The molecular weight excluding hydrogens is 474 g/mol. The summed E-state index contributed by atoms with van der Waals surface area (Å²) in [5, 5.41) is 0.784. The van der Waals surface area contributed by atoms with E-state index in [1.807, 2.05) is 6.92 Å². The van der Waals surface area contributed by atoms with Crippen LogP contribution >= 0.6 is 23.1 Å². The number of hydrogen-bond donors (Lipinski definition) is 0. The van der Waals surface area contributed by atoms with Crippen molar-refractivity contribution < 1.29 is 35.9 Å². The number of carbonyl (C=O) groups excluding carboxylic acids is 1. The molecule has 2 nitrogen and oxygen atoms in total. The van der Waals surface area contributed by atoms with Crippen molar-refractivity contribution in [2.24, 2.45) is 0 Å². The Balaban J connectivity index is 1.65. The van der Waals surface area contributed by atoms with Gasteiger partial charge in [0.15, 0.2) is 6.29 Å². The average molecular weight is 493 g/mol. The van der Waals surface area contributed by atoms with E-state index in [2.05, 4.69) is 0 Å². The Morgan fingerprint density at radius 1 is 1.03 bits per heavy atom. The molecular formula is C22H18F6O2S2. The number of fused-ring (bicyclic) bond motifs is 1. The van der Waals surface area contributed by atoms with Crippen LogP contribution in [0.25, 0.3) is 10.1 Å². The van der Waals surface area contributed by atoms with Crippen molar-refractivity contribution in [3.05, 3.63) is 58.0 Å². The second kappa shape index (κ2) is 9.74. The van der Waals surface area contributed by atoms with Crippen molar-refractivity contribution in [2.75, 3.05) is 12.4 Å². The summed E-state index contributed by atoms with van der Waals surface area (Å²) in [6, 6.07) is 7.40. The molecule has 0 aliphatic carbocycles. The Kier molecular flexibility index (Phi) is 7.44. The number of carbonyl (C=O) groups is 1. The van der Waals surface area contributed by atoms with E-state index < -0.39 is 35.8 Å². The Morgan fingerprint density at radius 3 is 2.44 bits per heavy atom. The molecule has 0 atom stereocenters. The van der Waals surface area contributed by atoms with Gasteiger partial charge in [-0.3, -0.25) is 4.79 Å². The molecule has 1 aromatic heterocycles. The second-order valence-electron chi connectivity index (χ2n) is 6.94. The number of hydrogen-bond acceptors (Lipinski definition) is 4. The summed E-state index contributed by atoms with van der Waals surface area (Å²) in [6.45, 7) is 1.40. The van der Waals surface area contributed by atoms with E-state index in [0.29, 0.717) is 34.5 Å². The van der Waals surface area contributed by atoms with Gasteiger partial charge in [-0.15, -0.1) is 23.1 Å². The summed E-state index contributed by atoms with van der Waals surface area (Å²) in [5.41, 5.74) is -0.695. The van der Waals surface area contributed by atoms with Crippen molar-refractivity contribution >= 4 is 39.5 Å². The summed E-state index contributed by atoms with van der Waals surface area (Å²) >= 11 is 2.56. The number of rotatable bonds is 8. The zero-order valence-corrected chi connectivity index (χ0v) is 18.4. The maximum absolute atomic E-state index is 13.3. The minimum Gasteiger partial charge on any atom is -0.486 e. The Labute approximate surface area is 188 Å². The maximum Gasteiger partial charge on any atom is 0.420 e. The Hall–Kier alpha value is -2.20. The van der Waals surface area contributed by atoms with Crippen LogP contribution in [0.5, 0.6) is 5.75 Å². The minimum absolute atomic E-state index is 0.378. The van der Waals surface area contributed by atoms with E-state index in [4.69, 9.17) is 4.74 Å². The second-order valence-corrected chi connectivity index (χ2v) is 9.25. The van der Waals surface area contributed by atoms with Gasteiger partial charge < -0.3 is 4.74 Å². The van der Waals surface area contributed by atoms with Gasteiger partial charge in [-0.1, -0.05) is 6.07 Å². The Bertz CT molecular complexity index is 1100. The topological polar surface area (TPSA) is 26.3 Å². The molecule has 3 rings (SSSR count). The number of aryl methyl sites for hydroxylation is 2. The number of halogens is 6. The number of aldehydes is 1. The third kappa shape index (κ3) is 5.78. The van der Waals surface area contributed by atoms with Crippen LogP contribution in [0.1, 0.15) is 28.0 Å². The fourth-order valence-electron chi connectivity index (χ4n) is 3.18. The van der Waals surface area contributed by atoms with Crippen LogP contribution in [0.3, 0.4) is 0 Å². The average Bonchev–Trinajstić information content (AvgIpc) is 3.03. The molecule has 2 aromatic carbocycles. The lowest BCUT2D eigenvalue weighted by Gasteiger charge is -2.14. The van der Waals surface area contributed by atoms with Gasteiger partial charge in [0.1, 0.15) is 12.4 Å². The molecule has 0 radical (unpaired) electrons. The molecule has 1 heterocycles. The van der Waals surface area contributed by atoms with Crippen LogP contribution in [-0.2, 0) is 23.6 Å². The third-order valence-corrected chi connectivity index (χ3v) is 7.14. The SMILES string of the molecule is Cc1c(CCCSc2ccc(OCC=O)c(C(F)(F)F)c2)sc2cc(C(F)(F)F)ccc12. The van der Waals surface area contributed by atoms with Gasteiger partial charge in [0.2, 0.25) is 0 Å². The van der Waals surface area contributed by atoms with Gasteiger partial charge >= 0.3 is 12.4 Å². The number of ether oxygens (including phenoxy) is 1. The fraction of sp³-hybridized carbons (Fsp3) is 0.318. The first-order chi connectivity index (χ1) is 15.0. The summed E-state index contributed by atoms with van der Waals surface area (Å²) in [7, 11) is 0. The molecule has 0 saturated carbocycles. The zero-order chi connectivity index (χ0) is 23.5. The molecule has 0 unspecified atom stereocenters. The molecule has 172 valence electrons. The highest BCUT2D eigenvalue weighted by Crippen LogP contribution is 2.39. The number of thiophene rings is 1. The van der Waals surface area contributed by atoms with Gasteiger partial charge in [0.05, 0.1) is 11.1 Å². The van der Waals surface area contributed by atoms with Gasteiger partial charge in [-0.2, -0.15) is 26.3 Å². The number of alkyl halides is 6. The van der Waals surface area contributed by atoms with Crippen LogP contribution in [0.15, 0.2) is 41.3 Å². The molecule has 10 heteroatoms. The van der Waals surface area contributed by atoms with Crippen molar-refractivity contribution in [1.82, 2.24) is 0 Å². The molecule has 0 aliphatic heterocycles. The lowest BCUT2D eigenvalue weighted by molar-refractivity contribution is -0.139. The van der Waals surface area contributed by atoms with E-state index in [1.54, 1.807) is 0 Å². The summed E-state index contributed by atoms with van der Waals surface area (Å²) in [5.74, 6) is 0.140. The van der Waals surface area contributed by atoms with E-state index in [9.17, 15) is 31.1 Å². The molecule has 3 aromatic rings. The summed E-state index contributed by atoms with van der Waals surface area (Å²) in [4.78, 5) is 11.8. The predicted octanol–water partition coefficient (Wildman–Crippen LogP) is 7.55. The maximum atomic E-state index is 13.3. The molecule has 0 aliphatic rings. The lowest BCUT2D eigenvalue weighted by atomic mass is 10.1. The Morgan fingerprint density at radius 2 is 1.78 bits per heavy atom. The summed E-state index contributed by atoms with van der Waals surface area (Å²) < 4.78 is 84.0. The number of thioether (sulfide) groups is 1. The smallest absolute Gasteiger partial charge is 0.420 e. The van der Waals surface area contributed by atoms with Crippen molar-refractivity contribution in [3.63, 3.8) is 0 Å². The van der Waals surface area contributed by atoms with Crippen LogP contribution in [0.2, 0.25) is 0 Å². The first kappa shape index (κ1) is 24.4. The predicted molar refractivity (Wildman–Crippen MR) is 114 cm³/mol. The molecule has 0 N–H and O–H groups in total. The van der Waals surface area contributed by atoms with Crippen LogP contribution in [0, 0.1) is 6.92 Å². The van der Waals surface area contributed by atoms with Gasteiger partial charge in [-0.05, 0) is 66.8 Å². The van der Waals surface area contributed by atoms with Gasteiger partial charge in [-0.25, -0.2) is 0 Å². The molecule has 0 saturated heterocycles. The quantitative estimate of drug-likeness (QED) is 0.141. The van der Waals surface area contributed by atoms with E-state index in [1.165, 1.54) is 41.3 Å². The van der Waals surface area contributed by atoms with E-state index >= 15 is 0 Å². The highest BCUT2D eigenvalue weighted by molar-refractivity contribution is 7.99. The van der Waals surface area contributed by atoms with Crippen LogP contribution in [0.4, 0.5) is 26.3 Å². The van der Waals surface area contributed by atoms with E-state index in [0.717, 1.165) is 34.0 Å². The standard InChI is InChI=1S/C22H18F6O2S2/c1-13-16-6-4-14(21(23,24)25)11-20(16)32-19(13)3-2-10-31-15-5-7-18(30-9-8-29)17(12-15)22(26,27)28/h4-8,11-12H,2-3,9-10H2,1H3. The van der Waals surface area contributed by atoms with Crippen molar-refractivity contribution in [3.8, 4) is 5.75 Å². The normalized spacial score (nSPS) is 12.3. The monoisotopic (exact) mass is 492 g/mol. The molecule has 0 spiro atoms. The van der Waals surface area contributed by atoms with Crippen molar-refractivity contribution in [1.29, 1.82) is 0 Å². The summed E-state index contributed by atoms with van der Waals surface area (Å²) in [6.07, 6.45) is -7.37. The highest BCUT2D eigenvalue weighted by Gasteiger charge is 2.35. The molecule has 0 amide bonds. The van der Waals surface area contributed by atoms with Crippen LogP contribution in [-0.4, -0.2) is 18.6 Å². The largest absolute Gasteiger partial charge is 0.486 e. The van der Waals surface area contributed by atoms with Gasteiger partial charge in [0.25, 0.3) is 0 Å². The minimum atomic E-state index is -4.61. The number of benzene rings is 2. The highest BCUT2D eigenvalue weighted by atomic mass is 32.2. The van der Waals surface area contributed by atoms with E-state index in [-0.39, 0.29) is 0 Å². The van der Waals surface area contributed by atoms with Gasteiger partial charge in [0, 0.05) is 14.5 Å². The first-order valence-electron chi connectivity index (χ1n) is 9.50. The zero-order valence-electron chi connectivity index (χ0n) is 16.8.